The molecule has 2 N–H and O–H groups in total. The van der Waals surface area contributed by atoms with Crippen LogP contribution in [0, 0.1) is 11.7 Å². The molecular weight excluding hydrogens is 247 g/mol. The zero-order valence-corrected chi connectivity index (χ0v) is 11.0. The molecule has 1 aromatic rings. The Morgan fingerprint density at radius 2 is 2.26 bits per heavy atom. The highest BCUT2D eigenvalue weighted by atomic mass is 19.1. The van der Waals surface area contributed by atoms with Crippen molar-refractivity contribution < 1.29 is 13.9 Å². The van der Waals surface area contributed by atoms with Crippen LogP contribution in [-0.4, -0.2) is 32.2 Å². The molecule has 0 aliphatic heterocycles. The SMILES string of the molecule is CNCC1CC(OCC(=O)Nc2cccc(F)c2)C1. The number of amides is 1. The second-order valence-corrected chi connectivity index (χ2v) is 4.89. The summed E-state index contributed by atoms with van der Waals surface area (Å²) in [5.41, 5.74) is 0.454. The average Bonchev–Trinajstić information content (AvgIpc) is 2.32. The largest absolute Gasteiger partial charge is 0.368 e. The molecule has 5 heteroatoms. The van der Waals surface area contributed by atoms with E-state index in [1.54, 1.807) is 12.1 Å². The first-order valence-corrected chi connectivity index (χ1v) is 6.49. The van der Waals surface area contributed by atoms with E-state index < -0.39 is 0 Å². The van der Waals surface area contributed by atoms with Crippen molar-refractivity contribution in [3.63, 3.8) is 0 Å². The van der Waals surface area contributed by atoms with Gasteiger partial charge >= 0.3 is 0 Å². The Labute approximate surface area is 112 Å². The summed E-state index contributed by atoms with van der Waals surface area (Å²) in [4.78, 5) is 11.6. The maximum Gasteiger partial charge on any atom is 0.250 e. The lowest BCUT2D eigenvalue weighted by atomic mass is 9.82. The van der Waals surface area contributed by atoms with Crippen molar-refractivity contribution in [1.82, 2.24) is 5.32 Å². The number of benzene rings is 1. The summed E-state index contributed by atoms with van der Waals surface area (Å²) in [6, 6.07) is 5.82. The first-order chi connectivity index (χ1) is 9.17. The highest BCUT2D eigenvalue weighted by Gasteiger charge is 2.29. The highest BCUT2D eigenvalue weighted by molar-refractivity contribution is 5.91. The van der Waals surface area contributed by atoms with Gasteiger partial charge in [-0.15, -0.1) is 0 Å². The van der Waals surface area contributed by atoms with E-state index in [1.165, 1.54) is 12.1 Å². The number of carbonyl (C=O) groups is 1. The van der Waals surface area contributed by atoms with E-state index in [9.17, 15) is 9.18 Å². The second-order valence-electron chi connectivity index (χ2n) is 4.89. The minimum absolute atomic E-state index is 0.0213. The molecule has 0 saturated heterocycles. The van der Waals surface area contributed by atoms with E-state index in [0.29, 0.717) is 11.6 Å². The summed E-state index contributed by atoms with van der Waals surface area (Å²) in [5.74, 6) is 0.0385. The van der Waals surface area contributed by atoms with Gasteiger partial charge in [-0.05, 0) is 50.6 Å². The predicted octanol–water partition coefficient (Wildman–Crippen LogP) is 1.78. The number of hydrogen-bond acceptors (Lipinski definition) is 3. The smallest absolute Gasteiger partial charge is 0.250 e. The summed E-state index contributed by atoms with van der Waals surface area (Å²) in [5, 5.41) is 5.73. The minimum atomic E-state index is -0.368. The topological polar surface area (TPSA) is 50.4 Å². The van der Waals surface area contributed by atoms with E-state index in [-0.39, 0.29) is 24.4 Å². The van der Waals surface area contributed by atoms with Crippen molar-refractivity contribution in [3.05, 3.63) is 30.1 Å². The summed E-state index contributed by atoms with van der Waals surface area (Å²) in [6.45, 7) is 1.02. The van der Waals surface area contributed by atoms with Gasteiger partial charge in [-0.3, -0.25) is 4.79 Å². The third-order valence-corrected chi connectivity index (χ3v) is 3.24. The number of carbonyl (C=O) groups excluding carboxylic acids is 1. The molecule has 1 aromatic carbocycles. The van der Waals surface area contributed by atoms with Crippen LogP contribution in [0.1, 0.15) is 12.8 Å². The Kier molecular flexibility index (Phi) is 4.87. The first-order valence-electron chi connectivity index (χ1n) is 6.49. The maximum absolute atomic E-state index is 12.9. The first kappa shape index (κ1) is 14.0. The molecule has 0 aromatic heterocycles. The summed E-state index contributed by atoms with van der Waals surface area (Å²) in [6.07, 6.45) is 2.17. The van der Waals surface area contributed by atoms with Gasteiger partial charge in [-0.2, -0.15) is 0 Å². The van der Waals surface area contributed by atoms with Crippen LogP contribution in [-0.2, 0) is 9.53 Å². The molecular formula is C14H19FN2O2. The van der Waals surface area contributed by atoms with E-state index in [4.69, 9.17) is 4.74 Å². The standard InChI is InChI=1S/C14H19FN2O2/c1-16-8-10-5-13(6-10)19-9-14(18)17-12-4-2-3-11(15)7-12/h2-4,7,10,13,16H,5-6,8-9H2,1H3,(H,17,18). The second kappa shape index (κ2) is 6.63. The van der Waals surface area contributed by atoms with Crippen LogP contribution in [0.3, 0.4) is 0 Å². The lowest BCUT2D eigenvalue weighted by molar-refractivity contribution is -0.125. The van der Waals surface area contributed by atoms with Crippen molar-refractivity contribution >= 4 is 11.6 Å². The van der Waals surface area contributed by atoms with Crippen molar-refractivity contribution in [2.24, 2.45) is 5.92 Å². The maximum atomic E-state index is 12.9. The number of rotatable bonds is 6. The van der Waals surface area contributed by atoms with Crippen molar-refractivity contribution in [2.45, 2.75) is 18.9 Å². The summed E-state index contributed by atoms with van der Waals surface area (Å²) < 4.78 is 18.4. The third-order valence-electron chi connectivity index (χ3n) is 3.24. The van der Waals surface area contributed by atoms with Gasteiger partial charge in [0.2, 0.25) is 5.91 Å². The Morgan fingerprint density at radius 3 is 2.95 bits per heavy atom. The Morgan fingerprint density at radius 1 is 1.47 bits per heavy atom. The quantitative estimate of drug-likeness (QED) is 0.825. The minimum Gasteiger partial charge on any atom is -0.368 e. The van der Waals surface area contributed by atoms with Gasteiger partial charge in [0.05, 0.1) is 6.10 Å². The number of anilines is 1. The van der Waals surface area contributed by atoms with Gasteiger partial charge in [0, 0.05) is 5.69 Å². The van der Waals surface area contributed by atoms with Crippen molar-refractivity contribution in [3.8, 4) is 0 Å². The molecule has 4 nitrogen and oxygen atoms in total. The molecule has 104 valence electrons. The monoisotopic (exact) mass is 266 g/mol. The fourth-order valence-corrected chi connectivity index (χ4v) is 2.22. The lowest BCUT2D eigenvalue weighted by Crippen LogP contribution is -2.38. The Hall–Kier alpha value is -1.46. The molecule has 1 fully saturated rings. The number of ether oxygens (including phenoxy) is 1. The highest BCUT2D eigenvalue weighted by Crippen LogP contribution is 2.29. The van der Waals surface area contributed by atoms with E-state index in [2.05, 4.69) is 10.6 Å². The normalized spacial score (nSPS) is 21.8. The Bertz CT molecular complexity index is 433. The average molecular weight is 266 g/mol. The molecule has 2 rings (SSSR count). The zero-order chi connectivity index (χ0) is 13.7. The lowest BCUT2D eigenvalue weighted by Gasteiger charge is -2.34. The van der Waals surface area contributed by atoms with Crippen LogP contribution in [0.5, 0.6) is 0 Å². The van der Waals surface area contributed by atoms with Crippen molar-refractivity contribution in [2.75, 3.05) is 25.5 Å². The fraction of sp³-hybridized carbons (Fsp3) is 0.500. The molecule has 1 amide bonds. The molecule has 0 spiro atoms. The van der Waals surface area contributed by atoms with E-state index in [1.807, 2.05) is 7.05 Å². The van der Waals surface area contributed by atoms with Gasteiger partial charge in [0.1, 0.15) is 12.4 Å². The summed E-state index contributed by atoms with van der Waals surface area (Å²) in [7, 11) is 1.93. The van der Waals surface area contributed by atoms with Gasteiger partial charge in [0.25, 0.3) is 0 Å². The van der Waals surface area contributed by atoms with E-state index in [0.717, 1.165) is 19.4 Å². The summed E-state index contributed by atoms with van der Waals surface area (Å²) >= 11 is 0. The molecule has 1 aliphatic carbocycles. The molecule has 1 saturated carbocycles. The Balaban J connectivity index is 1.66. The van der Waals surface area contributed by atoms with Crippen LogP contribution in [0.25, 0.3) is 0 Å². The molecule has 1 aliphatic rings. The molecule has 0 radical (unpaired) electrons. The van der Waals surface area contributed by atoms with Crippen LogP contribution in [0.2, 0.25) is 0 Å². The van der Waals surface area contributed by atoms with Gasteiger partial charge in [-0.1, -0.05) is 6.07 Å². The van der Waals surface area contributed by atoms with Gasteiger partial charge in [-0.25, -0.2) is 4.39 Å². The molecule has 0 heterocycles. The predicted molar refractivity (Wildman–Crippen MR) is 71.4 cm³/mol. The molecule has 0 unspecified atom stereocenters. The van der Waals surface area contributed by atoms with Crippen LogP contribution < -0.4 is 10.6 Å². The van der Waals surface area contributed by atoms with Crippen LogP contribution in [0.4, 0.5) is 10.1 Å². The fourth-order valence-electron chi connectivity index (χ4n) is 2.22. The molecule has 19 heavy (non-hydrogen) atoms. The van der Waals surface area contributed by atoms with Gasteiger partial charge in [0.15, 0.2) is 0 Å². The van der Waals surface area contributed by atoms with Crippen molar-refractivity contribution in [1.29, 1.82) is 0 Å². The molecule has 0 atom stereocenters. The van der Waals surface area contributed by atoms with E-state index >= 15 is 0 Å². The zero-order valence-electron chi connectivity index (χ0n) is 11.0. The number of halogens is 1. The number of nitrogens with one attached hydrogen (secondary N) is 2. The van der Waals surface area contributed by atoms with Crippen LogP contribution in [0.15, 0.2) is 24.3 Å². The third kappa shape index (κ3) is 4.29. The van der Waals surface area contributed by atoms with Gasteiger partial charge < -0.3 is 15.4 Å². The molecule has 0 bridgehead atoms. The van der Waals surface area contributed by atoms with Crippen LogP contribution >= 0.6 is 0 Å². The number of hydrogen-bond donors (Lipinski definition) is 2.